The smallest absolute Gasteiger partial charge is 0.328 e. The second kappa shape index (κ2) is 7.45. The van der Waals surface area contributed by atoms with E-state index in [0.717, 1.165) is 10.4 Å². The van der Waals surface area contributed by atoms with Crippen LogP contribution in [0.25, 0.3) is 0 Å². The Bertz CT molecular complexity index is 718. The first kappa shape index (κ1) is 19.9. The van der Waals surface area contributed by atoms with Crippen LogP contribution < -0.4 is 15.4 Å². The molecule has 0 aliphatic carbocycles. The van der Waals surface area contributed by atoms with Crippen LogP contribution in [0, 0.1) is 30.9 Å². The molecule has 1 aromatic rings. The summed E-state index contributed by atoms with van der Waals surface area (Å²) in [6.07, 6.45) is 0. The van der Waals surface area contributed by atoms with Crippen LogP contribution in [0.5, 0.6) is 0 Å². The molecule has 2 N–H and O–H groups in total. The summed E-state index contributed by atoms with van der Waals surface area (Å²) in [6.45, 7) is 8.55. The molecule has 26 heavy (non-hydrogen) atoms. The summed E-state index contributed by atoms with van der Waals surface area (Å²) < 4.78 is 2.69. The van der Waals surface area contributed by atoms with E-state index in [1.165, 1.54) is 0 Å². The van der Waals surface area contributed by atoms with Crippen molar-refractivity contribution in [2.24, 2.45) is 11.8 Å². The summed E-state index contributed by atoms with van der Waals surface area (Å²) in [6, 6.07) is -0.830. The number of likely N-dealkylation sites (N-methyl/N-ethyl adjacent to an activating group) is 1. The lowest BCUT2D eigenvalue weighted by molar-refractivity contribution is -0.622. The van der Waals surface area contributed by atoms with Crippen molar-refractivity contribution in [1.29, 1.82) is 0 Å². The van der Waals surface area contributed by atoms with Crippen molar-refractivity contribution >= 4 is 17.8 Å². The lowest BCUT2D eigenvalue weighted by atomic mass is 9.80. The van der Waals surface area contributed by atoms with Gasteiger partial charge in [0, 0.05) is 20.4 Å². The number of carbonyl (C=O) groups is 3. The van der Waals surface area contributed by atoms with Crippen molar-refractivity contribution in [3.8, 4) is 0 Å². The van der Waals surface area contributed by atoms with Crippen LogP contribution in [0.1, 0.15) is 37.0 Å². The molecule has 0 bridgehead atoms. The van der Waals surface area contributed by atoms with Crippen LogP contribution in [-0.2, 0) is 16.1 Å². The second-order valence-corrected chi connectivity index (χ2v) is 7.33. The van der Waals surface area contributed by atoms with Crippen LogP contribution in [0.2, 0.25) is 0 Å². The van der Waals surface area contributed by atoms with Crippen LogP contribution in [0.4, 0.5) is 4.79 Å². The molecular weight excluding hydrogens is 338 g/mol. The first-order valence-corrected chi connectivity index (χ1v) is 8.65. The fraction of sp³-hybridized carbons (Fsp3) is 0.647. The van der Waals surface area contributed by atoms with E-state index in [0.29, 0.717) is 24.6 Å². The third kappa shape index (κ3) is 3.57. The monoisotopic (exact) mass is 365 g/mol. The minimum absolute atomic E-state index is 0.170. The molecule has 1 aliphatic heterocycles. The lowest BCUT2D eigenvalue weighted by Gasteiger charge is -2.29. The lowest BCUT2D eigenvalue weighted by Crippen LogP contribution is -2.58. The molecule has 2 heterocycles. The van der Waals surface area contributed by atoms with Gasteiger partial charge in [0.2, 0.25) is 11.8 Å². The average Bonchev–Trinajstić information content (AvgIpc) is 2.72. The molecule has 0 radical (unpaired) electrons. The molecule has 4 amide bonds. The highest BCUT2D eigenvalue weighted by Crippen LogP contribution is 2.33. The Kier molecular flexibility index (Phi) is 5.70. The largest absolute Gasteiger partial charge is 0.711 e. The Balaban J connectivity index is 2.57. The van der Waals surface area contributed by atoms with Crippen molar-refractivity contribution in [3.63, 3.8) is 0 Å². The maximum atomic E-state index is 12.9. The van der Waals surface area contributed by atoms with Gasteiger partial charge >= 0.3 is 6.03 Å². The fourth-order valence-electron chi connectivity index (χ4n) is 3.38. The number of carbonyl (C=O) groups excluding carboxylic acids is 3. The van der Waals surface area contributed by atoms with Crippen molar-refractivity contribution in [3.05, 3.63) is 22.4 Å². The predicted octanol–water partition coefficient (Wildman–Crippen LogP) is 0.0217. The van der Waals surface area contributed by atoms with E-state index < -0.39 is 29.7 Å². The molecule has 1 fully saturated rings. The standard InChI is InChI=1S/C17H27N5O4/c1-9(2)12(13-14(23)18-17(25)19-15(13)24)16-21(8-7-20(5)6)10(3)11(4)22(16)26/h9,12-13H,7-8H2,1-6H3,(H2,18,19,23,24,25)/t12-/m0/s1. The van der Waals surface area contributed by atoms with Gasteiger partial charge < -0.3 is 10.1 Å². The summed E-state index contributed by atoms with van der Waals surface area (Å²) in [5, 5.41) is 17.1. The second-order valence-electron chi connectivity index (χ2n) is 7.33. The number of urea groups is 1. The fourth-order valence-corrected chi connectivity index (χ4v) is 3.38. The Morgan fingerprint density at radius 1 is 1.15 bits per heavy atom. The quantitative estimate of drug-likeness (QED) is 0.420. The van der Waals surface area contributed by atoms with E-state index in [2.05, 4.69) is 10.6 Å². The molecule has 0 spiro atoms. The van der Waals surface area contributed by atoms with E-state index in [9.17, 15) is 19.6 Å². The molecule has 2 rings (SSSR count). The number of imide groups is 2. The number of hydrogen-bond donors (Lipinski definition) is 2. The van der Waals surface area contributed by atoms with Crippen LogP contribution in [0.3, 0.4) is 0 Å². The Morgan fingerprint density at radius 3 is 2.15 bits per heavy atom. The van der Waals surface area contributed by atoms with Gasteiger partial charge in [0.1, 0.15) is 23.9 Å². The molecule has 144 valence electrons. The number of amides is 4. The zero-order valence-electron chi connectivity index (χ0n) is 16.1. The van der Waals surface area contributed by atoms with Gasteiger partial charge in [0.05, 0.1) is 5.92 Å². The van der Waals surface area contributed by atoms with Crippen LogP contribution in [-0.4, -0.2) is 48.0 Å². The number of aromatic nitrogens is 2. The van der Waals surface area contributed by atoms with Crippen molar-refractivity contribution in [1.82, 2.24) is 20.1 Å². The Hall–Kier alpha value is -2.42. The molecule has 0 saturated carbocycles. The molecule has 1 aromatic heterocycles. The van der Waals surface area contributed by atoms with Gasteiger partial charge in [-0.2, -0.15) is 0 Å². The van der Waals surface area contributed by atoms with Gasteiger partial charge in [-0.15, -0.1) is 0 Å². The number of rotatable bonds is 6. The Morgan fingerprint density at radius 2 is 1.69 bits per heavy atom. The van der Waals surface area contributed by atoms with Gasteiger partial charge in [0.25, 0.3) is 5.82 Å². The number of nitrogens with one attached hydrogen (secondary N) is 2. The molecule has 0 aromatic carbocycles. The maximum Gasteiger partial charge on any atom is 0.328 e. The third-order valence-corrected chi connectivity index (χ3v) is 4.90. The minimum atomic E-state index is -1.14. The highest BCUT2D eigenvalue weighted by Gasteiger charge is 2.47. The van der Waals surface area contributed by atoms with Crippen molar-refractivity contribution < 1.29 is 19.1 Å². The number of hydrogen-bond acceptors (Lipinski definition) is 5. The van der Waals surface area contributed by atoms with Gasteiger partial charge in [-0.25, -0.2) is 14.1 Å². The number of imidazole rings is 1. The molecule has 1 atom stereocenters. The van der Waals surface area contributed by atoms with Crippen molar-refractivity contribution in [2.75, 3.05) is 20.6 Å². The maximum absolute atomic E-state index is 12.9. The highest BCUT2D eigenvalue weighted by molar-refractivity contribution is 6.16. The molecule has 1 saturated heterocycles. The van der Waals surface area contributed by atoms with Gasteiger partial charge in [0.15, 0.2) is 0 Å². The average molecular weight is 365 g/mol. The van der Waals surface area contributed by atoms with Gasteiger partial charge in [-0.3, -0.25) is 20.2 Å². The highest BCUT2D eigenvalue weighted by atomic mass is 16.5. The summed E-state index contributed by atoms with van der Waals surface area (Å²) in [7, 11) is 3.87. The van der Waals surface area contributed by atoms with Crippen LogP contribution >= 0.6 is 0 Å². The number of nitrogens with zero attached hydrogens (tertiary/aromatic N) is 3. The Labute approximate surface area is 152 Å². The summed E-state index contributed by atoms with van der Waals surface area (Å²) >= 11 is 0. The summed E-state index contributed by atoms with van der Waals surface area (Å²) in [5.41, 5.74) is 1.34. The molecular formula is C17H27N5O4. The zero-order valence-corrected chi connectivity index (χ0v) is 16.1. The molecule has 1 aliphatic rings. The predicted molar refractivity (Wildman–Crippen MR) is 94.2 cm³/mol. The zero-order chi connectivity index (χ0) is 19.8. The summed E-state index contributed by atoms with van der Waals surface area (Å²) in [5.74, 6) is -2.94. The van der Waals surface area contributed by atoms with E-state index in [4.69, 9.17) is 0 Å². The normalized spacial score (nSPS) is 17.0. The first-order chi connectivity index (χ1) is 12.1. The van der Waals surface area contributed by atoms with Gasteiger partial charge in [-0.1, -0.05) is 13.8 Å². The molecule has 9 heteroatoms. The van der Waals surface area contributed by atoms with E-state index in [1.807, 2.05) is 44.3 Å². The topological polar surface area (TPSA) is 110 Å². The van der Waals surface area contributed by atoms with Crippen molar-refractivity contribution in [2.45, 2.75) is 40.2 Å². The van der Waals surface area contributed by atoms with E-state index in [1.54, 1.807) is 6.92 Å². The minimum Gasteiger partial charge on any atom is -0.711 e. The van der Waals surface area contributed by atoms with E-state index in [-0.39, 0.29) is 5.92 Å². The van der Waals surface area contributed by atoms with Gasteiger partial charge in [-0.05, 0) is 20.0 Å². The summed E-state index contributed by atoms with van der Waals surface area (Å²) in [4.78, 5) is 38.2. The molecule has 0 unspecified atom stereocenters. The first-order valence-electron chi connectivity index (χ1n) is 8.65. The molecule has 9 nitrogen and oxygen atoms in total. The van der Waals surface area contributed by atoms with Crippen LogP contribution in [0.15, 0.2) is 0 Å². The third-order valence-electron chi connectivity index (χ3n) is 4.90. The number of barbiturate groups is 1. The SMILES string of the molecule is Cc1c(C)[n+]([O-])c([C@@H](C(C)C)C2C(=O)NC(=O)NC2=O)n1CCN(C)C. The van der Waals surface area contributed by atoms with E-state index >= 15 is 0 Å².